The first-order valence-corrected chi connectivity index (χ1v) is 7.45. The van der Waals surface area contributed by atoms with Gasteiger partial charge in [-0.05, 0) is 18.4 Å². The van der Waals surface area contributed by atoms with Gasteiger partial charge in [0, 0.05) is 10.8 Å². The molecule has 0 unspecified atom stereocenters. The molecule has 2 heterocycles. The van der Waals surface area contributed by atoms with Gasteiger partial charge < -0.3 is 5.32 Å². The Hall–Kier alpha value is -1.27. The Labute approximate surface area is 114 Å². The minimum Gasteiger partial charge on any atom is -0.343 e. The fourth-order valence-corrected chi connectivity index (χ4v) is 2.91. The van der Waals surface area contributed by atoms with E-state index in [0.717, 1.165) is 9.88 Å². The number of aromatic nitrogens is 2. The maximum atomic E-state index is 12.0. The third kappa shape index (κ3) is 2.94. The van der Waals surface area contributed by atoms with Crippen molar-refractivity contribution in [3.05, 3.63) is 32.4 Å². The third-order valence-electron chi connectivity index (χ3n) is 2.45. The molecule has 4 nitrogen and oxygen atoms in total. The molecule has 0 aliphatic rings. The van der Waals surface area contributed by atoms with E-state index in [1.807, 2.05) is 38.3 Å². The first-order chi connectivity index (χ1) is 8.58. The highest BCUT2D eigenvalue weighted by Crippen LogP contribution is 2.21. The summed E-state index contributed by atoms with van der Waals surface area (Å²) < 4.78 is 0. The van der Waals surface area contributed by atoms with Crippen molar-refractivity contribution in [2.75, 3.05) is 0 Å². The lowest BCUT2D eigenvalue weighted by molar-refractivity contribution is 0.0939. The number of carbonyl (C=O) groups is 1. The number of hydrogen-bond donors (Lipinski definition) is 1. The number of amides is 1. The second-order valence-corrected chi connectivity index (χ2v) is 6.30. The quantitative estimate of drug-likeness (QED) is 0.936. The average Bonchev–Trinajstić information content (AvgIpc) is 3.00. The van der Waals surface area contributed by atoms with Crippen LogP contribution in [0.4, 0.5) is 0 Å². The molecule has 1 N–H and O–H groups in total. The van der Waals surface area contributed by atoms with E-state index in [4.69, 9.17) is 0 Å². The molecule has 2 aromatic heterocycles. The van der Waals surface area contributed by atoms with Crippen molar-refractivity contribution in [3.8, 4) is 0 Å². The largest absolute Gasteiger partial charge is 0.343 e. The summed E-state index contributed by atoms with van der Waals surface area (Å²) in [4.78, 5) is 13.1. The molecular formula is C12H15N3OS2. The molecule has 0 fully saturated rings. The molecule has 0 saturated heterocycles. The SMILES string of the molecule is CC(C)c1nnc(C(=O)N[C@H](C)c2cccs2)s1. The number of rotatable bonds is 4. The van der Waals surface area contributed by atoms with Crippen LogP contribution in [0.2, 0.25) is 0 Å². The highest BCUT2D eigenvalue weighted by atomic mass is 32.1. The normalized spacial score (nSPS) is 12.7. The summed E-state index contributed by atoms with van der Waals surface area (Å²) in [6.07, 6.45) is 0. The van der Waals surface area contributed by atoms with Gasteiger partial charge in [-0.25, -0.2) is 0 Å². The van der Waals surface area contributed by atoms with Crippen molar-refractivity contribution >= 4 is 28.6 Å². The molecule has 0 radical (unpaired) electrons. The Bertz CT molecular complexity index is 519. The zero-order valence-electron chi connectivity index (χ0n) is 10.5. The monoisotopic (exact) mass is 281 g/mol. The van der Waals surface area contributed by atoms with Crippen LogP contribution in [-0.2, 0) is 0 Å². The smallest absolute Gasteiger partial charge is 0.282 e. The van der Waals surface area contributed by atoms with E-state index < -0.39 is 0 Å². The van der Waals surface area contributed by atoms with Gasteiger partial charge in [0.15, 0.2) is 0 Å². The lowest BCUT2D eigenvalue weighted by Crippen LogP contribution is -2.25. The van der Waals surface area contributed by atoms with Crippen LogP contribution in [-0.4, -0.2) is 16.1 Å². The Morgan fingerprint density at radius 3 is 2.67 bits per heavy atom. The molecule has 0 saturated carbocycles. The summed E-state index contributed by atoms with van der Waals surface area (Å²) in [6.45, 7) is 6.04. The molecule has 2 rings (SSSR count). The molecule has 0 aliphatic heterocycles. The molecule has 96 valence electrons. The number of hydrogen-bond acceptors (Lipinski definition) is 5. The van der Waals surface area contributed by atoms with Crippen molar-refractivity contribution in [3.63, 3.8) is 0 Å². The molecular weight excluding hydrogens is 266 g/mol. The Morgan fingerprint density at radius 1 is 1.33 bits per heavy atom. The fourth-order valence-electron chi connectivity index (χ4n) is 1.43. The van der Waals surface area contributed by atoms with Gasteiger partial charge in [-0.1, -0.05) is 31.3 Å². The van der Waals surface area contributed by atoms with E-state index in [-0.39, 0.29) is 11.9 Å². The molecule has 0 aliphatic carbocycles. The minimum absolute atomic E-state index is 0.00361. The van der Waals surface area contributed by atoms with Gasteiger partial charge in [0.05, 0.1) is 6.04 Å². The van der Waals surface area contributed by atoms with Crippen molar-refractivity contribution in [1.82, 2.24) is 15.5 Å². The number of thiophene rings is 1. The van der Waals surface area contributed by atoms with Crippen LogP contribution in [0.3, 0.4) is 0 Å². The predicted octanol–water partition coefficient (Wildman–Crippen LogP) is 3.21. The maximum absolute atomic E-state index is 12.0. The predicted molar refractivity (Wildman–Crippen MR) is 74.2 cm³/mol. The van der Waals surface area contributed by atoms with E-state index in [1.54, 1.807) is 11.3 Å². The van der Waals surface area contributed by atoms with Crippen LogP contribution in [0, 0.1) is 0 Å². The number of nitrogens with zero attached hydrogens (tertiary/aromatic N) is 2. The molecule has 6 heteroatoms. The molecule has 0 bridgehead atoms. The van der Waals surface area contributed by atoms with Crippen molar-refractivity contribution in [1.29, 1.82) is 0 Å². The molecule has 1 atom stereocenters. The van der Waals surface area contributed by atoms with Gasteiger partial charge in [0.1, 0.15) is 5.01 Å². The molecule has 18 heavy (non-hydrogen) atoms. The van der Waals surface area contributed by atoms with Crippen LogP contribution in [0.1, 0.15) is 52.4 Å². The van der Waals surface area contributed by atoms with Gasteiger partial charge in [0.25, 0.3) is 5.91 Å². The Kier molecular flexibility index (Phi) is 4.08. The van der Waals surface area contributed by atoms with Crippen molar-refractivity contribution < 1.29 is 4.79 Å². The van der Waals surface area contributed by atoms with E-state index in [9.17, 15) is 4.79 Å². The van der Waals surface area contributed by atoms with Gasteiger partial charge in [-0.2, -0.15) is 0 Å². The van der Waals surface area contributed by atoms with Gasteiger partial charge in [0.2, 0.25) is 5.01 Å². The van der Waals surface area contributed by atoms with Gasteiger partial charge in [-0.3, -0.25) is 4.79 Å². The van der Waals surface area contributed by atoms with Crippen LogP contribution in [0.15, 0.2) is 17.5 Å². The highest BCUT2D eigenvalue weighted by molar-refractivity contribution is 7.13. The number of nitrogens with one attached hydrogen (secondary N) is 1. The van der Waals surface area contributed by atoms with Crippen LogP contribution < -0.4 is 5.32 Å². The second-order valence-electron chi connectivity index (χ2n) is 4.31. The Morgan fingerprint density at radius 2 is 2.11 bits per heavy atom. The first-order valence-electron chi connectivity index (χ1n) is 5.75. The molecule has 1 amide bonds. The zero-order chi connectivity index (χ0) is 13.1. The third-order valence-corrected chi connectivity index (χ3v) is 4.72. The maximum Gasteiger partial charge on any atom is 0.282 e. The molecule has 0 aromatic carbocycles. The minimum atomic E-state index is -0.152. The van der Waals surface area contributed by atoms with Gasteiger partial charge >= 0.3 is 0 Å². The topological polar surface area (TPSA) is 54.9 Å². The summed E-state index contributed by atoms with van der Waals surface area (Å²) in [5.74, 6) is 0.152. The lowest BCUT2D eigenvalue weighted by Gasteiger charge is -2.10. The highest BCUT2D eigenvalue weighted by Gasteiger charge is 2.17. The lowest BCUT2D eigenvalue weighted by atomic mass is 10.2. The summed E-state index contributed by atoms with van der Waals surface area (Å²) in [5, 5.41) is 14.2. The van der Waals surface area contributed by atoms with Crippen LogP contribution in [0.25, 0.3) is 0 Å². The van der Waals surface area contributed by atoms with Crippen molar-refractivity contribution in [2.24, 2.45) is 0 Å². The van der Waals surface area contributed by atoms with E-state index in [0.29, 0.717) is 10.9 Å². The fraction of sp³-hybridized carbons (Fsp3) is 0.417. The zero-order valence-corrected chi connectivity index (χ0v) is 12.1. The summed E-state index contributed by atoms with van der Waals surface area (Å²) in [6, 6.07) is 3.99. The molecule has 2 aromatic rings. The van der Waals surface area contributed by atoms with E-state index in [1.165, 1.54) is 11.3 Å². The van der Waals surface area contributed by atoms with Gasteiger partial charge in [-0.15, -0.1) is 21.5 Å². The molecule has 0 spiro atoms. The summed E-state index contributed by atoms with van der Waals surface area (Å²) >= 11 is 2.99. The standard InChI is InChI=1S/C12H15N3OS2/c1-7(2)11-14-15-12(18-11)10(16)13-8(3)9-5-4-6-17-9/h4-8H,1-3H3,(H,13,16)/t8-/m1/s1. The number of carbonyl (C=O) groups excluding carboxylic acids is 1. The second kappa shape index (κ2) is 5.58. The van der Waals surface area contributed by atoms with E-state index in [2.05, 4.69) is 15.5 Å². The average molecular weight is 281 g/mol. The summed E-state index contributed by atoms with van der Waals surface area (Å²) in [7, 11) is 0. The van der Waals surface area contributed by atoms with Crippen LogP contribution in [0.5, 0.6) is 0 Å². The van der Waals surface area contributed by atoms with Crippen molar-refractivity contribution in [2.45, 2.75) is 32.7 Å². The van der Waals surface area contributed by atoms with Crippen LogP contribution >= 0.6 is 22.7 Å². The van der Waals surface area contributed by atoms with E-state index >= 15 is 0 Å². The Balaban J connectivity index is 2.03. The summed E-state index contributed by atoms with van der Waals surface area (Å²) in [5.41, 5.74) is 0. The first kappa shape index (κ1) is 13.2.